The molecule has 0 saturated heterocycles. The van der Waals surface area contributed by atoms with Crippen molar-refractivity contribution in [1.29, 1.82) is 0 Å². The molecule has 2 rings (SSSR count). The molecule has 0 spiro atoms. The van der Waals surface area contributed by atoms with E-state index in [0.29, 0.717) is 12.5 Å². The second-order valence-electron chi connectivity index (χ2n) is 5.12. The van der Waals surface area contributed by atoms with Gasteiger partial charge in [-0.3, -0.25) is 4.79 Å². The van der Waals surface area contributed by atoms with Crippen molar-refractivity contribution in [3.05, 3.63) is 29.8 Å². The van der Waals surface area contributed by atoms with Gasteiger partial charge in [-0.1, -0.05) is 31.5 Å². The molecule has 98 valence electrons. The first-order valence-electron chi connectivity index (χ1n) is 6.75. The number of hydrogen-bond donors (Lipinski definition) is 1. The highest BCUT2D eigenvalue weighted by Gasteiger charge is 2.29. The highest BCUT2D eigenvalue weighted by Crippen LogP contribution is 2.33. The lowest BCUT2D eigenvalue weighted by molar-refractivity contribution is -0.119. The Labute approximate surface area is 109 Å². The van der Waals surface area contributed by atoms with Crippen LogP contribution in [-0.4, -0.2) is 19.0 Å². The molecule has 0 aromatic heterocycles. The van der Waals surface area contributed by atoms with Crippen LogP contribution in [0.15, 0.2) is 24.3 Å². The number of para-hydroxylation sites is 1. The summed E-state index contributed by atoms with van der Waals surface area (Å²) in [6, 6.07) is 8.78. The zero-order chi connectivity index (χ0) is 13.1. The van der Waals surface area contributed by atoms with E-state index in [4.69, 9.17) is 0 Å². The van der Waals surface area contributed by atoms with E-state index in [1.54, 1.807) is 4.90 Å². The van der Waals surface area contributed by atoms with Crippen LogP contribution in [0.5, 0.6) is 0 Å². The topological polar surface area (TPSA) is 32.3 Å². The Hall–Kier alpha value is -1.35. The number of rotatable bonds is 4. The van der Waals surface area contributed by atoms with E-state index in [2.05, 4.69) is 25.2 Å². The third-order valence-electron chi connectivity index (χ3n) is 3.63. The van der Waals surface area contributed by atoms with Gasteiger partial charge in [0.2, 0.25) is 5.91 Å². The lowest BCUT2D eigenvalue weighted by Crippen LogP contribution is -2.40. The Morgan fingerprint density at radius 3 is 2.89 bits per heavy atom. The molecule has 0 aliphatic carbocycles. The molecule has 0 bridgehead atoms. The van der Waals surface area contributed by atoms with Crippen molar-refractivity contribution in [1.82, 2.24) is 5.32 Å². The average molecular weight is 246 g/mol. The summed E-state index contributed by atoms with van der Waals surface area (Å²) in [5.74, 6) is 0.190. The van der Waals surface area contributed by atoms with Gasteiger partial charge in [-0.15, -0.1) is 0 Å². The molecule has 18 heavy (non-hydrogen) atoms. The van der Waals surface area contributed by atoms with E-state index in [1.165, 1.54) is 5.56 Å². The zero-order valence-electron chi connectivity index (χ0n) is 11.4. The van der Waals surface area contributed by atoms with Crippen molar-refractivity contribution in [2.24, 2.45) is 0 Å². The Morgan fingerprint density at radius 2 is 2.17 bits per heavy atom. The minimum atomic E-state index is 0.159. The number of hydrogen-bond acceptors (Lipinski definition) is 2. The molecule has 0 radical (unpaired) electrons. The van der Waals surface area contributed by atoms with Gasteiger partial charge in [0.05, 0.1) is 0 Å². The molecule has 1 aromatic carbocycles. The van der Waals surface area contributed by atoms with Gasteiger partial charge in [0, 0.05) is 31.2 Å². The van der Waals surface area contributed by atoms with Crippen LogP contribution in [0.2, 0.25) is 0 Å². The standard InChI is InChI=1S/C15H22N2O/c1-4-7-11(2)16-13-10-15(18)17(3)14-9-6-5-8-12(13)14/h5-6,8-9,11,13,16H,4,7,10H2,1-3H3. The van der Waals surface area contributed by atoms with E-state index in [1.807, 2.05) is 25.2 Å². The number of anilines is 1. The summed E-state index contributed by atoms with van der Waals surface area (Å²) in [6.07, 6.45) is 2.86. The van der Waals surface area contributed by atoms with Crippen LogP contribution in [-0.2, 0) is 4.79 Å². The lowest BCUT2D eigenvalue weighted by atomic mass is 9.95. The summed E-state index contributed by atoms with van der Waals surface area (Å²) in [5.41, 5.74) is 2.28. The number of fused-ring (bicyclic) bond motifs is 1. The van der Waals surface area contributed by atoms with Crippen LogP contribution in [0.3, 0.4) is 0 Å². The fraction of sp³-hybridized carbons (Fsp3) is 0.533. The van der Waals surface area contributed by atoms with Crippen LogP contribution < -0.4 is 10.2 Å². The summed E-state index contributed by atoms with van der Waals surface area (Å²) in [5, 5.41) is 3.58. The Kier molecular flexibility index (Phi) is 4.02. The molecule has 1 aromatic rings. The van der Waals surface area contributed by atoms with Crippen LogP contribution in [0.4, 0.5) is 5.69 Å². The van der Waals surface area contributed by atoms with Gasteiger partial charge in [0.15, 0.2) is 0 Å². The Balaban J connectivity index is 2.22. The van der Waals surface area contributed by atoms with E-state index < -0.39 is 0 Å². The molecule has 2 unspecified atom stereocenters. The maximum atomic E-state index is 12.0. The predicted octanol–water partition coefficient (Wildman–Crippen LogP) is 2.87. The van der Waals surface area contributed by atoms with Crippen LogP contribution >= 0.6 is 0 Å². The molecule has 1 heterocycles. The second-order valence-corrected chi connectivity index (χ2v) is 5.12. The van der Waals surface area contributed by atoms with Crippen LogP contribution in [0.1, 0.15) is 44.7 Å². The molecule has 1 amide bonds. The summed E-state index contributed by atoms with van der Waals surface area (Å²) in [7, 11) is 1.85. The third-order valence-corrected chi connectivity index (χ3v) is 3.63. The van der Waals surface area contributed by atoms with Crippen molar-refractivity contribution in [3.8, 4) is 0 Å². The fourth-order valence-electron chi connectivity index (χ4n) is 2.65. The SMILES string of the molecule is CCCC(C)NC1CC(=O)N(C)c2ccccc21. The number of carbonyl (C=O) groups excluding carboxylic acids is 1. The van der Waals surface area contributed by atoms with E-state index in [9.17, 15) is 4.79 Å². The second kappa shape index (κ2) is 5.53. The van der Waals surface area contributed by atoms with Gasteiger partial charge in [-0.05, 0) is 25.0 Å². The van der Waals surface area contributed by atoms with E-state index in [0.717, 1.165) is 18.5 Å². The van der Waals surface area contributed by atoms with E-state index in [-0.39, 0.29) is 11.9 Å². The predicted molar refractivity (Wildman–Crippen MR) is 74.7 cm³/mol. The maximum absolute atomic E-state index is 12.0. The Morgan fingerprint density at radius 1 is 1.44 bits per heavy atom. The van der Waals surface area contributed by atoms with Gasteiger partial charge in [-0.2, -0.15) is 0 Å². The largest absolute Gasteiger partial charge is 0.315 e. The molecule has 0 saturated carbocycles. The summed E-state index contributed by atoms with van der Waals surface area (Å²) in [4.78, 5) is 13.8. The first-order chi connectivity index (χ1) is 8.63. The average Bonchev–Trinajstić information content (AvgIpc) is 2.36. The number of benzene rings is 1. The first-order valence-corrected chi connectivity index (χ1v) is 6.75. The molecule has 1 aliphatic heterocycles. The van der Waals surface area contributed by atoms with Crippen LogP contribution in [0, 0.1) is 0 Å². The van der Waals surface area contributed by atoms with Gasteiger partial charge in [0.1, 0.15) is 0 Å². The molecule has 1 aliphatic rings. The van der Waals surface area contributed by atoms with Gasteiger partial charge >= 0.3 is 0 Å². The maximum Gasteiger partial charge on any atom is 0.228 e. The quantitative estimate of drug-likeness (QED) is 0.886. The van der Waals surface area contributed by atoms with Gasteiger partial charge < -0.3 is 10.2 Å². The number of amides is 1. The van der Waals surface area contributed by atoms with Gasteiger partial charge in [-0.25, -0.2) is 0 Å². The lowest BCUT2D eigenvalue weighted by Gasteiger charge is -2.33. The van der Waals surface area contributed by atoms with Gasteiger partial charge in [0.25, 0.3) is 0 Å². The highest BCUT2D eigenvalue weighted by molar-refractivity contribution is 5.96. The minimum Gasteiger partial charge on any atom is -0.315 e. The molecule has 2 atom stereocenters. The summed E-state index contributed by atoms with van der Waals surface area (Å²) >= 11 is 0. The number of nitrogens with zero attached hydrogens (tertiary/aromatic N) is 1. The molecule has 0 fully saturated rings. The molecule has 1 N–H and O–H groups in total. The molecule has 3 nitrogen and oxygen atoms in total. The van der Waals surface area contributed by atoms with Crippen molar-refractivity contribution in [2.45, 2.75) is 45.2 Å². The molecule has 3 heteroatoms. The smallest absolute Gasteiger partial charge is 0.228 e. The summed E-state index contributed by atoms with van der Waals surface area (Å²) < 4.78 is 0. The molecular weight excluding hydrogens is 224 g/mol. The van der Waals surface area contributed by atoms with Crippen molar-refractivity contribution in [3.63, 3.8) is 0 Å². The Bertz CT molecular complexity index is 430. The van der Waals surface area contributed by atoms with Crippen molar-refractivity contribution >= 4 is 11.6 Å². The van der Waals surface area contributed by atoms with Crippen LogP contribution in [0.25, 0.3) is 0 Å². The molecular formula is C15H22N2O. The number of nitrogens with one attached hydrogen (secondary N) is 1. The minimum absolute atomic E-state index is 0.159. The monoisotopic (exact) mass is 246 g/mol. The third kappa shape index (κ3) is 2.56. The first kappa shape index (κ1) is 13.1. The van der Waals surface area contributed by atoms with E-state index >= 15 is 0 Å². The highest BCUT2D eigenvalue weighted by atomic mass is 16.2. The normalized spacial score (nSPS) is 20.7. The van der Waals surface area contributed by atoms with Crippen molar-refractivity contribution in [2.75, 3.05) is 11.9 Å². The fourth-order valence-corrected chi connectivity index (χ4v) is 2.65. The van der Waals surface area contributed by atoms with Crippen molar-refractivity contribution < 1.29 is 4.79 Å². The number of carbonyl (C=O) groups is 1. The summed E-state index contributed by atoms with van der Waals surface area (Å²) in [6.45, 7) is 4.38. The zero-order valence-corrected chi connectivity index (χ0v) is 11.4.